The molecule has 1 unspecified atom stereocenters. The molecule has 14 heteroatoms. The quantitative estimate of drug-likeness (QED) is 0.0674. The van der Waals surface area contributed by atoms with E-state index in [-0.39, 0.29) is 37.2 Å². The highest BCUT2D eigenvalue weighted by molar-refractivity contribution is 6.03. The molecule has 0 saturated heterocycles. The molecule has 6 amide bonds. The van der Waals surface area contributed by atoms with Crippen molar-refractivity contribution in [3.63, 3.8) is 0 Å². The fourth-order valence-electron chi connectivity index (χ4n) is 4.02. The van der Waals surface area contributed by atoms with Crippen LogP contribution in [0.1, 0.15) is 78.7 Å². The van der Waals surface area contributed by atoms with Crippen molar-refractivity contribution < 1.29 is 33.5 Å². The normalized spacial score (nSPS) is 12.5. The van der Waals surface area contributed by atoms with Gasteiger partial charge in [0, 0.05) is 19.2 Å². The Balaban J connectivity index is 3.03. The molecular weight excluding hydrogens is 582 g/mol. The molecule has 0 aliphatic heterocycles. The Labute approximate surface area is 264 Å². The zero-order valence-corrected chi connectivity index (χ0v) is 26.9. The molecule has 9 N–H and O–H groups in total. The molecule has 0 radical (unpaired) electrons. The van der Waals surface area contributed by atoms with Crippen LogP contribution in [0.15, 0.2) is 35.5 Å². The first-order chi connectivity index (χ1) is 21.3. The molecule has 1 aromatic carbocycles. The monoisotopic (exact) mass is 631 g/mol. The van der Waals surface area contributed by atoms with Crippen LogP contribution >= 0.6 is 0 Å². The molecule has 0 aliphatic carbocycles. The van der Waals surface area contributed by atoms with E-state index in [1.807, 2.05) is 6.92 Å². The van der Waals surface area contributed by atoms with Gasteiger partial charge in [-0.2, -0.15) is 0 Å². The highest BCUT2D eigenvalue weighted by Gasteiger charge is 2.26. The van der Waals surface area contributed by atoms with Crippen molar-refractivity contribution in [2.75, 3.05) is 18.4 Å². The number of urea groups is 1. The Hall–Kier alpha value is -4.46. The lowest BCUT2D eigenvalue weighted by molar-refractivity contribution is -0.149. The van der Waals surface area contributed by atoms with Crippen LogP contribution in [0.25, 0.3) is 0 Å². The SMILES string of the molecule is CCC(C)C(=O)OCc1ccc(NC(=O)[C@H](CCCNC(N)=O)NC(=O)C(NC(=O)[C@H](CCCCN)NC(C)=O)=C(C)C)cc1. The highest BCUT2D eigenvalue weighted by atomic mass is 16.5. The van der Waals surface area contributed by atoms with Gasteiger partial charge in [-0.3, -0.25) is 24.0 Å². The third-order valence-corrected chi connectivity index (χ3v) is 6.82. The van der Waals surface area contributed by atoms with Gasteiger partial charge in [0.25, 0.3) is 5.91 Å². The van der Waals surface area contributed by atoms with E-state index in [1.54, 1.807) is 45.0 Å². The van der Waals surface area contributed by atoms with E-state index in [0.29, 0.717) is 49.9 Å². The summed E-state index contributed by atoms with van der Waals surface area (Å²) in [5, 5.41) is 13.1. The first-order valence-corrected chi connectivity index (χ1v) is 15.1. The molecule has 0 bridgehead atoms. The first kappa shape index (κ1) is 38.6. The van der Waals surface area contributed by atoms with Crippen LogP contribution in [-0.4, -0.2) is 60.8 Å². The minimum absolute atomic E-state index is 0.0569. The van der Waals surface area contributed by atoms with Crippen molar-refractivity contribution >= 4 is 41.3 Å². The van der Waals surface area contributed by atoms with Crippen molar-refractivity contribution in [1.29, 1.82) is 0 Å². The number of hydrogen-bond donors (Lipinski definition) is 7. The summed E-state index contributed by atoms with van der Waals surface area (Å²) in [5.74, 6) is -2.69. The van der Waals surface area contributed by atoms with Gasteiger partial charge in [-0.25, -0.2) is 4.79 Å². The van der Waals surface area contributed by atoms with Crippen molar-refractivity contribution in [3.05, 3.63) is 41.1 Å². The topological polar surface area (TPSA) is 224 Å². The number of primary amides is 1. The second-order valence-corrected chi connectivity index (χ2v) is 11.0. The fraction of sp³-hybridized carbons (Fsp3) is 0.548. The largest absolute Gasteiger partial charge is 0.461 e. The van der Waals surface area contributed by atoms with E-state index in [9.17, 15) is 28.8 Å². The number of anilines is 1. The number of allylic oxidation sites excluding steroid dienone is 1. The molecule has 0 spiro atoms. The Bertz CT molecular complexity index is 1200. The van der Waals surface area contributed by atoms with Gasteiger partial charge in [0.05, 0.1) is 5.92 Å². The first-order valence-electron chi connectivity index (χ1n) is 15.1. The number of amides is 6. The number of carbonyl (C=O) groups is 6. The van der Waals surface area contributed by atoms with Crippen LogP contribution in [0.5, 0.6) is 0 Å². The van der Waals surface area contributed by atoms with E-state index < -0.39 is 41.7 Å². The van der Waals surface area contributed by atoms with Crippen molar-refractivity contribution in [1.82, 2.24) is 21.3 Å². The summed E-state index contributed by atoms with van der Waals surface area (Å²) in [5.41, 5.74) is 12.3. The van der Waals surface area contributed by atoms with Crippen LogP contribution in [0, 0.1) is 5.92 Å². The van der Waals surface area contributed by atoms with Gasteiger partial charge in [-0.1, -0.05) is 26.0 Å². The summed E-state index contributed by atoms with van der Waals surface area (Å²) >= 11 is 0. The number of esters is 1. The van der Waals surface area contributed by atoms with E-state index in [2.05, 4.69) is 26.6 Å². The molecular formula is C31H49N7O7. The summed E-state index contributed by atoms with van der Waals surface area (Å²) in [4.78, 5) is 74.5. The van der Waals surface area contributed by atoms with Crippen LogP contribution < -0.4 is 38.1 Å². The molecule has 0 saturated carbocycles. The number of rotatable bonds is 19. The van der Waals surface area contributed by atoms with E-state index in [0.717, 1.165) is 5.56 Å². The maximum absolute atomic E-state index is 13.4. The lowest BCUT2D eigenvalue weighted by Crippen LogP contribution is -2.50. The van der Waals surface area contributed by atoms with Crippen molar-refractivity contribution in [2.45, 2.75) is 91.8 Å². The van der Waals surface area contributed by atoms with E-state index >= 15 is 0 Å². The molecule has 250 valence electrons. The van der Waals surface area contributed by atoms with Gasteiger partial charge >= 0.3 is 12.0 Å². The standard InChI is InChI=1S/C31H49N7O7/c1-6-20(4)30(43)45-18-22-12-14-23(15-13-22)36-27(40)25(11-9-17-34-31(33)44)37-29(42)26(19(2)3)38-28(41)24(35-21(5)39)10-7-8-16-32/h12-15,20,24-25H,6-11,16-18,32H2,1-5H3,(H,35,39)(H,36,40)(H,37,42)(H,38,41)(H3,33,34,44)/t20?,24-,25-/m0/s1. The number of unbranched alkanes of at least 4 members (excludes halogenated alkanes) is 1. The molecule has 45 heavy (non-hydrogen) atoms. The number of benzene rings is 1. The Kier molecular flexibility index (Phi) is 17.6. The van der Waals surface area contributed by atoms with Gasteiger partial charge in [-0.15, -0.1) is 0 Å². The van der Waals surface area contributed by atoms with Crippen LogP contribution in [0.2, 0.25) is 0 Å². The fourth-order valence-corrected chi connectivity index (χ4v) is 4.02. The summed E-state index contributed by atoms with van der Waals surface area (Å²) in [6, 6.07) is 4.06. The van der Waals surface area contributed by atoms with Crippen LogP contribution in [0.4, 0.5) is 10.5 Å². The number of nitrogens with one attached hydrogen (secondary N) is 5. The lowest BCUT2D eigenvalue weighted by atomic mass is 10.1. The molecule has 3 atom stereocenters. The smallest absolute Gasteiger partial charge is 0.312 e. The Morgan fingerprint density at radius 1 is 0.867 bits per heavy atom. The second-order valence-electron chi connectivity index (χ2n) is 11.0. The average molecular weight is 632 g/mol. The number of nitrogens with two attached hydrogens (primary N) is 2. The zero-order chi connectivity index (χ0) is 33.9. The molecule has 0 aliphatic rings. The van der Waals surface area contributed by atoms with Gasteiger partial charge < -0.3 is 42.8 Å². The maximum Gasteiger partial charge on any atom is 0.312 e. The summed E-state index contributed by atoms with van der Waals surface area (Å²) < 4.78 is 5.31. The summed E-state index contributed by atoms with van der Waals surface area (Å²) in [7, 11) is 0. The van der Waals surface area contributed by atoms with Gasteiger partial charge in [-0.05, 0) is 82.2 Å². The molecule has 14 nitrogen and oxygen atoms in total. The third-order valence-electron chi connectivity index (χ3n) is 6.82. The van der Waals surface area contributed by atoms with Gasteiger partial charge in [0.1, 0.15) is 24.4 Å². The molecule has 0 aromatic heterocycles. The minimum atomic E-state index is -1.05. The zero-order valence-electron chi connectivity index (χ0n) is 26.9. The number of carbonyl (C=O) groups excluding carboxylic acids is 6. The average Bonchev–Trinajstić information content (AvgIpc) is 2.99. The molecule has 1 aromatic rings. The number of ether oxygens (including phenoxy) is 1. The predicted molar refractivity (Wildman–Crippen MR) is 170 cm³/mol. The van der Waals surface area contributed by atoms with Gasteiger partial charge in [0.15, 0.2) is 0 Å². The molecule has 0 heterocycles. The maximum atomic E-state index is 13.4. The summed E-state index contributed by atoms with van der Waals surface area (Å²) in [6.45, 7) is 8.95. The number of hydrogen-bond acceptors (Lipinski definition) is 8. The van der Waals surface area contributed by atoms with Crippen molar-refractivity contribution in [3.8, 4) is 0 Å². The Morgan fingerprint density at radius 3 is 2.04 bits per heavy atom. The highest BCUT2D eigenvalue weighted by Crippen LogP contribution is 2.14. The van der Waals surface area contributed by atoms with Crippen LogP contribution in [-0.2, 0) is 35.3 Å². The van der Waals surface area contributed by atoms with Gasteiger partial charge in [0.2, 0.25) is 17.7 Å². The third kappa shape index (κ3) is 15.2. The molecule has 1 rings (SSSR count). The molecule has 0 fully saturated rings. The minimum Gasteiger partial charge on any atom is -0.461 e. The predicted octanol–water partition coefficient (Wildman–Crippen LogP) is 1.69. The summed E-state index contributed by atoms with van der Waals surface area (Å²) in [6.07, 6.45) is 2.71. The van der Waals surface area contributed by atoms with E-state index in [1.165, 1.54) is 6.92 Å². The van der Waals surface area contributed by atoms with E-state index in [4.69, 9.17) is 16.2 Å². The Morgan fingerprint density at radius 2 is 1.49 bits per heavy atom. The van der Waals surface area contributed by atoms with Crippen molar-refractivity contribution in [2.24, 2.45) is 17.4 Å². The lowest BCUT2D eigenvalue weighted by Gasteiger charge is -2.22. The van der Waals surface area contributed by atoms with Crippen LogP contribution in [0.3, 0.4) is 0 Å². The second kappa shape index (κ2) is 20.5.